The van der Waals surface area contributed by atoms with E-state index in [1.807, 2.05) is 24.3 Å². The molecule has 0 aromatic rings. The van der Waals surface area contributed by atoms with Crippen LogP contribution in [0.15, 0.2) is 24.3 Å². The highest BCUT2D eigenvalue weighted by Crippen LogP contribution is 2.37. The van der Waals surface area contributed by atoms with Crippen molar-refractivity contribution in [2.24, 2.45) is 11.8 Å². The highest BCUT2D eigenvalue weighted by atomic mass is 16.7. The topological polar surface area (TPSA) is 116 Å². The van der Waals surface area contributed by atoms with Gasteiger partial charge in [0.25, 0.3) is 0 Å². The molecule has 1 aliphatic carbocycles. The lowest BCUT2D eigenvalue weighted by Gasteiger charge is -2.33. The molecule has 174 valence electrons. The fourth-order valence-electron chi connectivity index (χ4n) is 4.21. The van der Waals surface area contributed by atoms with E-state index in [1.165, 1.54) is 14.2 Å². The van der Waals surface area contributed by atoms with Gasteiger partial charge in [-0.05, 0) is 38.0 Å². The van der Waals surface area contributed by atoms with Crippen molar-refractivity contribution in [3.63, 3.8) is 0 Å². The molecule has 0 aliphatic heterocycles. The molecule has 0 bridgehead atoms. The number of methoxy groups -OCH3 is 2. The highest BCUT2D eigenvalue weighted by molar-refractivity contribution is 5.66. The highest BCUT2D eigenvalue weighted by Gasteiger charge is 2.40. The summed E-state index contributed by atoms with van der Waals surface area (Å²) in [6.45, 7) is 2.06. The summed E-state index contributed by atoms with van der Waals surface area (Å²) in [5.74, 6) is -1.12. The maximum atomic E-state index is 11.1. The molecule has 7 nitrogen and oxygen atoms in total. The van der Waals surface area contributed by atoms with E-state index in [0.29, 0.717) is 38.5 Å². The molecule has 0 saturated heterocycles. The lowest BCUT2D eigenvalue weighted by molar-refractivity contribution is -0.216. The lowest BCUT2D eigenvalue weighted by atomic mass is 9.87. The van der Waals surface area contributed by atoms with Crippen molar-refractivity contribution < 1.29 is 34.7 Å². The molecule has 30 heavy (non-hydrogen) atoms. The van der Waals surface area contributed by atoms with E-state index in [0.717, 1.165) is 12.8 Å². The Balaban J connectivity index is 2.72. The molecule has 1 rings (SSSR count). The largest absolute Gasteiger partial charge is 0.481 e. The number of carboxylic acid groups (broad SMARTS) is 1. The van der Waals surface area contributed by atoms with Crippen LogP contribution in [0.2, 0.25) is 0 Å². The molecule has 1 fully saturated rings. The van der Waals surface area contributed by atoms with Crippen molar-refractivity contribution in [3.8, 4) is 0 Å². The minimum Gasteiger partial charge on any atom is -0.481 e. The average Bonchev–Trinajstić information content (AvgIpc) is 2.96. The van der Waals surface area contributed by atoms with E-state index in [-0.39, 0.29) is 18.3 Å². The van der Waals surface area contributed by atoms with Crippen LogP contribution in [-0.2, 0) is 14.3 Å². The van der Waals surface area contributed by atoms with Crippen LogP contribution in [0, 0.1) is 11.8 Å². The number of allylic oxidation sites excluding steroid dienone is 2. The van der Waals surface area contributed by atoms with Gasteiger partial charge >= 0.3 is 5.97 Å². The van der Waals surface area contributed by atoms with Crippen LogP contribution in [-0.4, -0.2) is 64.7 Å². The normalized spacial score (nSPS) is 26.8. The number of aliphatic carboxylic acids is 1. The van der Waals surface area contributed by atoms with Gasteiger partial charge in [-0.3, -0.25) is 4.79 Å². The van der Waals surface area contributed by atoms with Crippen molar-refractivity contribution in [2.45, 2.75) is 88.8 Å². The van der Waals surface area contributed by atoms with E-state index in [9.17, 15) is 20.1 Å². The van der Waals surface area contributed by atoms with Gasteiger partial charge in [-0.25, -0.2) is 0 Å². The first-order valence-electron chi connectivity index (χ1n) is 11.0. The Hall–Kier alpha value is -1.25. The molecule has 5 atom stereocenters. The van der Waals surface area contributed by atoms with Crippen LogP contribution in [0.25, 0.3) is 0 Å². The number of carbonyl (C=O) groups is 1. The standard InChI is InChI=1S/C23H40O7/c1-4-5-14-23(28,22(29-2)30-3)15-10-12-18-17(19(24)16-20(18)25)11-8-6-7-9-13-21(26)27/h6,8,10,12,17-20,22,24-25,28H,4-5,7,9,11,13-16H2,1-3H3,(H,26,27)/t17-,18-,19+,20-,23?/m1/s1. The molecule has 0 aromatic carbocycles. The van der Waals surface area contributed by atoms with Crippen molar-refractivity contribution in [3.05, 3.63) is 24.3 Å². The molecule has 4 N–H and O–H groups in total. The number of carboxylic acids is 1. The number of hydrogen-bond donors (Lipinski definition) is 4. The number of aliphatic hydroxyl groups is 3. The van der Waals surface area contributed by atoms with Gasteiger partial charge in [0.05, 0.1) is 12.2 Å². The molecule has 0 aromatic heterocycles. The second-order valence-electron chi connectivity index (χ2n) is 8.25. The zero-order chi connectivity index (χ0) is 22.6. The Morgan fingerprint density at radius 2 is 1.83 bits per heavy atom. The molecule has 1 saturated carbocycles. The minimum atomic E-state index is -1.16. The Kier molecular flexibility index (Phi) is 12.4. The number of unbranched alkanes of at least 4 members (excludes halogenated alkanes) is 2. The van der Waals surface area contributed by atoms with Crippen LogP contribution in [0.1, 0.15) is 64.7 Å². The monoisotopic (exact) mass is 428 g/mol. The average molecular weight is 429 g/mol. The zero-order valence-corrected chi connectivity index (χ0v) is 18.6. The lowest BCUT2D eigenvalue weighted by Crippen LogP contribution is -2.44. The molecule has 0 amide bonds. The Labute approximate surface area is 180 Å². The van der Waals surface area contributed by atoms with Crippen LogP contribution < -0.4 is 0 Å². The van der Waals surface area contributed by atoms with Gasteiger partial charge in [-0.15, -0.1) is 0 Å². The van der Waals surface area contributed by atoms with Crippen molar-refractivity contribution >= 4 is 5.97 Å². The van der Waals surface area contributed by atoms with Gasteiger partial charge in [0.1, 0.15) is 5.60 Å². The quantitative estimate of drug-likeness (QED) is 0.180. The van der Waals surface area contributed by atoms with Gasteiger partial charge in [-0.2, -0.15) is 0 Å². The molecule has 0 spiro atoms. The van der Waals surface area contributed by atoms with Crippen LogP contribution in [0.5, 0.6) is 0 Å². The predicted molar refractivity (Wildman–Crippen MR) is 115 cm³/mol. The van der Waals surface area contributed by atoms with Gasteiger partial charge < -0.3 is 29.9 Å². The third kappa shape index (κ3) is 8.47. The van der Waals surface area contributed by atoms with E-state index in [1.54, 1.807) is 0 Å². The third-order valence-corrected chi connectivity index (χ3v) is 5.91. The molecule has 1 unspecified atom stereocenters. The Morgan fingerprint density at radius 1 is 1.13 bits per heavy atom. The molecule has 0 heterocycles. The molecule has 0 radical (unpaired) electrons. The van der Waals surface area contributed by atoms with Gasteiger partial charge in [0.2, 0.25) is 0 Å². The van der Waals surface area contributed by atoms with Crippen molar-refractivity contribution in [1.82, 2.24) is 0 Å². The van der Waals surface area contributed by atoms with Gasteiger partial charge in [-0.1, -0.05) is 44.1 Å². The SMILES string of the molecule is CCCCC(O)(CC=C[C@@H]1[C@@H](CC=CCCCC(=O)O)[C@@H](O)C[C@H]1O)C(OC)OC. The zero-order valence-electron chi connectivity index (χ0n) is 18.6. The fraction of sp³-hybridized carbons (Fsp3) is 0.783. The van der Waals surface area contributed by atoms with Crippen LogP contribution in [0.4, 0.5) is 0 Å². The maximum Gasteiger partial charge on any atom is 0.303 e. The molecular formula is C23H40O7. The van der Waals surface area contributed by atoms with E-state index < -0.39 is 30.1 Å². The van der Waals surface area contributed by atoms with Gasteiger partial charge in [0.15, 0.2) is 6.29 Å². The Morgan fingerprint density at radius 3 is 2.43 bits per heavy atom. The van der Waals surface area contributed by atoms with E-state index in [4.69, 9.17) is 14.6 Å². The molecular weight excluding hydrogens is 388 g/mol. The second-order valence-corrected chi connectivity index (χ2v) is 8.25. The number of rotatable bonds is 15. The van der Waals surface area contributed by atoms with Gasteiger partial charge in [0, 0.05) is 33.0 Å². The van der Waals surface area contributed by atoms with Crippen molar-refractivity contribution in [1.29, 1.82) is 0 Å². The van der Waals surface area contributed by atoms with E-state index in [2.05, 4.69) is 6.92 Å². The fourth-order valence-corrected chi connectivity index (χ4v) is 4.21. The summed E-state index contributed by atoms with van der Waals surface area (Å²) < 4.78 is 10.6. The number of hydrogen-bond acceptors (Lipinski definition) is 6. The predicted octanol–water partition coefficient (Wildman–Crippen LogP) is 3.03. The Bertz CT molecular complexity index is 544. The summed E-state index contributed by atoms with van der Waals surface area (Å²) in [6, 6.07) is 0. The second kappa shape index (κ2) is 13.9. The summed E-state index contributed by atoms with van der Waals surface area (Å²) in [7, 11) is 3.01. The first-order valence-corrected chi connectivity index (χ1v) is 11.0. The van der Waals surface area contributed by atoms with Crippen LogP contribution in [0.3, 0.4) is 0 Å². The first kappa shape index (κ1) is 26.8. The minimum absolute atomic E-state index is 0.114. The number of aliphatic hydroxyl groups excluding tert-OH is 2. The summed E-state index contributed by atoms with van der Waals surface area (Å²) in [4.78, 5) is 10.5. The van der Waals surface area contributed by atoms with E-state index >= 15 is 0 Å². The van der Waals surface area contributed by atoms with Crippen molar-refractivity contribution in [2.75, 3.05) is 14.2 Å². The summed E-state index contributed by atoms with van der Waals surface area (Å²) >= 11 is 0. The summed E-state index contributed by atoms with van der Waals surface area (Å²) in [5.41, 5.74) is -1.16. The third-order valence-electron chi connectivity index (χ3n) is 5.91. The smallest absolute Gasteiger partial charge is 0.303 e. The maximum absolute atomic E-state index is 11.1. The molecule has 7 heteroatoms. The summed E-state index contributed by atoms with van der Waals surface area (Å²) in [6.07, 6.45) is 10.7. The summed E-state index contributed by atoms with van der Waals surface area (Å²) in [5, 5.41) is 40.5. The molecule has 1 aliphatic rings. The van der Waals surface area contributed by atoms with Crippen LogP contribution >= 0.6 is 0 Å². The number of ether oxygens (including phenoxy) is 2. The first-order chi connectivity index (χ1) is 14.3.